The van der Waals surface area contributed by atoms with Crippen molar-refractivity contribution in [2.45, 2.75) is 18.7 Å². The van der Waals surface area contributed by atoms with E-state index < -0.39 is 14.9 Å². The predicted molar refractivity (Wildman–Crippen MR) is 47.5 cm³/mol. The Bertz CT molecular complexity index is 342. The van der Waals surface area contributed by atoms with Crippen molar-refractivity contribution in [2.75, 3.05) is 0 Å². The third-order valence-electron chi connectivity index (χ3n) is 1.80. The van der Waals surface area contributed by atoms with Crippen molar-refractivity contribution in [3.05, 3.63) is 23.9 Å². The van der Waals surface area contributed by atoms with Crippen molar-refractivity contribution in [3.8, 4) is 0 Å². The monoisotopic (exact) mass is 188 g/mol. The first kappa shape index (κ1) is 9.28. The third kappa shape index (κ3) is 1.51. The van der Waals surface area contributed by atoms with Crippen LogP contribution < -0.4 is 10.5 Å². The van der Waals surface area contributed by atoms with Crippen LogP contribution in [0.3, 0.4) is 0 Å². The third-order valence-corrected chi connectivity index (χ3v) is 3.22. The van der Waals surface area contributed by atoms with Gasteiger partial charge < -0.3 is 5.32 Å². The maximum atomic E-state index is 11.1. The molecule has 3 N–H and O–H groups in total. The normalized spacial score (nSPS) is 29.4. The molecule has 68 valence electrons. The smallest absolute Gasteiger partial charge is 0.236 e. The van der Waals surface area contributed by atoms with Crippen LogP contribution in [0.2, 0.25) is 0 Å². The van der Waals surface area contributed by atoms with Crippen LogP contribution in [0.5, 0.6) is 0 Å². The summed E-state index contributed by atoms with van der Waals surface area (Å²) in [5, 5.41) is 7.83. The summed E-state index contributed by atoms with van der Waals surface area (Å²) in [4.78, 5) is -1.16. The van der Waals surface area contributed by atoms with Gasteiger partial charge in [-0.15, -0.1) is 0 Å². The van der Waals surface area contributed by atoms with Gasteiger partial charge in [0.1, 0.15) is 0 Å². The summed E-state index contributed by atoms with van der Waals surface area (Å²) >= 11 is 0. The zero-order chi connectivity index (χ0) is 9.41. The average Bonchev–Trinajstić information content (AvgIpc) is 1.83. The van der Waals surface area contributed by atoms with Gasteiger partial charge in [-0.3, -0.25) is 0 Å². The molecule has 1 unspecified atom stereocenters. The number of sulfonamides is 1. The van der Waals surface area contributed by atoms with Gasteiger partial charge in [0.2, 0.25) is 10.0 Å². The molecule has 1 aliphatic rings. The van der Waals surface area contributed by atoms with Crippen LogP contribution in [0.1, 0.15) is 13.8 Å². The molecule has 0 aliphatic carbocycles. The molecule has 4 nitrogen and oxygen atoms in total. The summed E-state index contributed by atoms with van der Waals surface area (Å²) in [6.07, 6.45) is 4.98. The molecule has 0 aromatic rings. The molecule has 5 heteroatoms. The number of allylic oxidation sites excluding steroid dienone is 3. The van der Waals surface area contributed by atoms with E-state index in [0.717, 1.165) is 5.70 Å². The number of primary sulfonamides is 1. The van der Waals surface area contributed by atoms with Gasteiger partial charge in [-0.1, -0.05) is 6.08 Å². The Hall–Kier alpha value is -0.810. The van der Waals surface area contributed by atoms with Gasteiger partial charge >= 0.3 is 0 Å². The Balaban J connectivity index is 3.07. The second kappa shape index (κ2) is 2.60. The Morgan fingerprint density at radius 1 is 1.58 bits per heavy atom. The van der Waals surface area contributed by atoms with Crippen molar-refractivity contribution in [1.82, 2.24) is 5.32 Å². The zero-order valence-electron chi connectivity index (χ0n) is 7.03. The molecule has 0 spiro atoms. The molecular weight excluding hydrogens is 176 g/mol. The SMILES string of the molecule is CC1=CC=CC(C)(S(N)(=O)=O)N1. The van der Waals surface area contributed by atoms with Gasteiger partial charge in [0.05, 0.1) is 0 Å². The van der Waals surface area contributed by atoms with Crippen molar-refractivity contribution in [3.63, 3.8) is 0 Å². The van der Waals surface area contributed by atoms with Crippen molar-refractivity contribution >= 4 is 10.0 Å². The van der Waals surface area contributed by atoms with Gasteiger partial charge in [0.25, 0.3) is 0 Å². The topological polar surface area (TPSA) is 72.2 Å². The fourth-order valence-electron chi connectivity index (χ4n) is 1.02. The van der Waals surface area contributed by atoms with E-state index in [4.69, 9.17) is 5.14 Å². The average molecular weight is 188 g/mol. The molecule has 1 atom stereocenters. The lowest BCUT2D eigenvalue weighted by atomic mass is 10.2. The lowest BCUT2D eigenvalue weighted by Crippen LogP contribution is -2.51. The van der Waals surface area contributed by atoms with Gasteiger partial charge in [-0.05, 0) is 26.0 Å². The Morgan fingerprint density at radius 3 is 2.50 bits per heavy atom. The van der Waals surface area contributed by atoms with E-state index in [2.05, 4.69) is 5.32 Å². The molecule has 0 fully saturated rings. The highest BCUT2D eigenvalue weighted by Crippen LogP contribution is 2.17. The standard InChI is InChI=1S/C7H12N2O2S/c1-6-4-3-5-7(2,9-6)12(8,10)11/h3-5,9H,1-2H3,(H2,8,10,11). The molecule has 12 heavy (non-hydrogen) atoms. The number of dihydropyridines is 1. The second-order valence-corrected chi connectivity index (χ2v) is 4.92. The summed E-state index contributed by atoms with van der Waals surface area (Å²) in [6.45, 7) is 3.31. The molecule has 0 bridgehead atoms. The van der Waals surface area contributed by atoms with Crippen LogP contribution in [-0.2, 0) is 10.0 Å². The first-order valence-electron chi connectivity index (χ1n) is 3.52. The van der Waals surface area contributed by atoms with Crippen molar-refractivity contribution < 1.29 is 8.42 Å². The maximum absolute atomic E-state index is 11.1. The van der Waals surface area contributed by atoms with Crippen LogP contribution >= 0.6 is 0 Å². The molecule has 0 amide bonds. The van der Waals surface area contributed by atoms with Crippen LogP contribution in [0, 0.1) is 0 Å². The highest BCUT2D eigenvalue weighted by molar-refractivity contribution is 7.90. The van der Waals surface area contributed by atoms with Gasteiger partial charge in [0, 0.05) is 5.70 Å². The van der Waals surface area contributed by atoms with E-state index >= 15 is 0 Å². The van der Waals surface area contributed by atoms with Crippen molar-refractivity contribution in [2.24, 2.45) is 5.14 Å². The number of nitrogens with two attached hydrogens (primary N) is 1. The lowest BCUT2D eigenvalue weighted by Gasteiger charge is -2.28. The summed E-state index contributed by atoms with van der Waals surface area (Å²) in [5.74, 6) is 0. The van der Waals surface area contributed by atoms with E-state index in [9.17, 15) is 8.42 Å². The molecule has 0 saturated carbocycles. The first-order valence-corrected chi connectivity index (χ1v) is 5.06. The zero-order valence-corrected chi connectivity index (χ0v) is 7.85. The van der Waals surface area contributed by atoms with Gasteiger partial charge in [-0.25, -0.2) is 13.6 Å². The second-order valence-electron chi connectivity index (χ2n) is 2.99. The Labute approximate surface area is 72.2 Å². The van der Waals surface area contributed by atoms with Crippen LogP contribution in [0.4, 0.5) is 0 Å². The van der Waals surface area contributed by atoms with Gasteiger partial charge in [0.15, 0.2) is 4.87 Å². The number of rotatable bonds is 1. The number of hydrogen-bond donors (Lipinski definition) is 2. The summed E-state index contributed by atoms with van der Waals surface area (Å²) in [7, 11) is -3.60. The molecule has 0 aromatic heterocycles. The highest BCUT2D eigenvalue weighted by atomic mass is 32.2. The van der Waals surface area contributed by atoms with Crippen LogP contribution in [0.25, 0.3) is 0 Å². The highest BCUT2D eigenvalue weighted by Gasteiger charge is 2.34. The van der Waals surface area contributed by atoms with E-state index in [1.165, 1.54) is 13.0 Å². The molecule has 1 aliphatic heterocycles. The maximum Gasteiger partial charge on any atom is 0.236 e. The summed E-state index contributed by atoms with van der Waals surface area (Å²) in [5.41, 5.74) is 0.786. The molecule has 0 radical (unpaired) electrons. The Morgan fingerprint density at radius 2 is 2.17 bits per heavy atom. The van der Waals surface area contributed by atoms with Gasteiger partial charge in [-0.2, -0.15) is 0 Å². The summed E-state index contributed by atoms with van der Waals surface area (Å²) < 4.78 is 22.2. The quantitative estimate of drug-likeness (QED) is 0.611. The van der Waals surface area contributed by atoms with Crippen molar-refractivity contribution in [1.29, 1.82) is 0 Å². The minimum Gasteiger partial charge on any atom is -0.366 e. The fraction of sp³-hybridized carbons (Fsp3) is 0.429. The van der Waals surface area contributed by atoms with E-state index in [1.807, 2.05) is 0 Å². The number of hydrogen-bond acceptors (Lipinski definition) is 3. The lowest BCUT2D eigenvalue weighted by molar-refractivity contribution is 0.537. The van der Waals surface area contributed by atoms with E-state index in [1.54, 1.807) is 19.1 Å². The van der Waals surface area contributed by atoms with E-state index in [0.29, 0.717) is 0 Å². The number of nitrogens with one attached hydrogen (secondary N) is 1. The minimum absolute atomic E-state index is 0.786. The predicted octanol–water partition coefficient (Wildman–Crippen LogP) is 0.0543. The first-order chi connectivity index (χ1) is 5.35. The molecule has 0 aromatic carbocycles. The van der Waals surface area contributed by atoms with Crippen LogP contribution in [-0.4, -0.2) is 13.3 Å². The van der Waals surface area contributed by atoms with Crippen LogP contribution in [0.15, 0.2) is 23.9 Å². The van der Waals surface area contributed by atoms with E-state index in [-0.39, 0.29) is 0 Å². The summed E-state index contributed by atoms with van der Waals surface area (Å²) in [6, 6.07) is 0. The molecular formula is C7H12N2O2S. The minimum atomic E-state index is -3.60. The molecule has 1 heterocycles. The largest absolute Gasteiger partial charge is 0.366 e. The Kier molecular flexibility index (Phi) is 2.01. The molecule has 0 saturated heterocycles. The fourth-order valence-corrected chi connectivity index (χ4v) is 1.59. The molecule has 1 rings (SSSR count).